The zero-order valence-electron chi connectivity index (χ0n) is 10.2. The summed E-state index contributed by atoms with van der Waals surface area (Å²) >= 11 is 0. The number of nitrogens with zero attached hydrogens (tertiary/aromatic N) is 1. The summed E-state index contributed by atoms with van der Waals surface area (Å²) in [6.07, 6.45) is 8.36. The molecular formula is C12H24N2O. The van der Waals surface area contributed by atoms with E-state index in [-0.39, 0.29) is 0 Å². The summed E-state index contributed by atoms with van der Waals surface area (Å²) in [5, 5.41) is 8.75. The number of hydrogen-bond donors (Lipinski definition) is 2. The molecule has 1 aromatic rings. The molecule has 0 spiro atoms. The van der Waals surface area contributed by atoms with Gasteiger partial charge in [-0.2, -0.15) is 0 Å². The van der Waals surface area contributed by atoms with Gasteiger partial charge >= 0.3 is 0 Å². The maximum absolute atomic E-state index is 8.75. The van der Waals surface area contributed by atoms with E-state index in [2.05, 4.69) is 23.8 Å². The summed E-state index contributed by atoms with van der Waals surface area (Å²) in [6.45, 7) is 6.61. The SMILES string of the molecule is CCCCC(CC)CO.Cc1ncc[nH]1. The van der Waals surface area contributed by atoms with Crippen molar-refractivity contribution < 1.29 is 5.11 Å². The Morgan fingerprint density at radius 1 is 1.47 bits per heavy atom. The first-order valence-electron chi connectivity index (χ1n) is 5.81. The molecule has 0 saturated carbocycles. The van der Waals surface area contributed by atoms with E-state index in [4.69, 9.17) is 5.11 Å². The van der Waals surface area contributed by atoms with Crippen LogP contribution in [0.3, 0.4) is 0 Å². The van der Waals surface area contributed by atoms with Crippen molar-refractivity contribution in [2.24, 2.45) is 5.92 Å². The van der Waals surface area contributed by atoms with Gasteiger partial charge in [-0.25, -0.2) is 4.98 Å². The Bertz CT molecular complexity index is 205. The highest BCUT2D eigenvalue weighted by Gasteiger charge is 2.01. The van der Waals surface area contributed by atoms with Crippen LogP contribution >= 0.6 is 0 Å². The second-order valence-corrected chi connectivity index (χ2v) is 3.77. The summed E-state index contributed by atoms with van der Waals surface area (Å²) in [6, 6.07) is 0. The molecular weight excluding hydrogens is 188 g/mol. The van der Waals surface area contributed by atoms with Gasteiger partial charge in [-0.1, -0.05) is 33.1 Å². The van der Waals surface area contributed by atoms with E-state index < -0.39 is 0 Å². The van der Waals surface area contributed by atoms with Crippen molar-refractivity contribution in [3.63, 3.8) is 0 Å². The van der Waals surface area contributed by atoms with E-state index in [0.717, 1.165) is 12.2 Å². The van der Waals surface area contributed by atoms with E-state index in [1.165, 1.54) is 19.3 Å². The van der Waals surface area contributed by atoms with Crippen molar-refractivity contribution in [1.82, 2.24) is 9.97 Å². The molecule has 3 nitrogen and oxygen atoms in total. The van der Waals surface area contributed by atoms with E-state index in [1.807, 2.05) is 6.92 Å². The number of hydrogen-bond acceptors (Lipinski definition) is 2. The third kappa shape index (κ3) is 8.18. The van der Waals surface area contributed by atoms with Crippen LogP contribution in [0.25, 0.3) is 0 Å². The zero-order chi connectivity index (χ0) is 11.5. The second kappa shape index (κ2) is 9.71. The molecule has 0 aromatic carbocycles. The number of imidazole rings is 1. The Morgan fingerprint density at radius 2 is 2.20 bits per heavy atom. The van der Waals surface area contributed by atoms with Crippen molar-refractivity contribution in [1.29, 1.82) is 0 Å². The minimum absolute atomic E-state index is 0.372. The Morgan fingerprint density at radius 3 is 2.47 bits per heavy atom. The summed E-state index contributed by atoms with van der Waals surface area (Å²) in [7, 11) is 0. The molecule has 3 heteroatoms. The normalized spacial score (nSPS) is 11.7. The monoisotopic (exact) mass is 212 g/mol. The highest BCUT2D eigenvalue weighted by molar-refractivity contribution is 4.80. The second-order valence-electron chi connectivity index (χ2n) is 3.77. The fraction of sp³-hybridized carbons (Fsp3) is 0.750. The van der Waals surface area contributed by atoms with Crippen molar-refractivity contribution in [3.05, 3.63) is 18.2 Å². The first-order valence-corrected chi connectivity index (χ1v) is 5.81. The molecule has 0 bridgehead atoms. The van der Waals surface area contributed by atoms with E-state index in [9.17, 15) is 0 Å². The van der Waals surface area contributed by atoms with E-state index in [0.29, 0.717) is 12.5 Å². The summed E-state index contributed by atoms with van der Waals surface area (Å²) < 4.78 is 0. The number of aryl methyl sites for hydroxylation is 1. The average Bonchev–Trinajstić information content (AvgIpc) is 2.72. The van der Waals surface area contributed by atoms with Gasteiger partial charge in [0, 0.05) is 19.0 Å². The molecule has 88 valence electrons. The van der Waals surface area contributed by atoms with Crippen molar-refractivity contribution in [2.75, 3.05) is 6.61 Å². The molecule has 1 atom stereocenters. The Hall–Kier alpha value is -0.830. The predicted octanol–water partition coefficient (Wildman–Crippen LogP) is 2.91. The summed E-state index contributed by atoms with van der Waals surface area (Å²) in [5.41, 5.74) is 0. The first kappa shape index (κ1) is 14.2. The van der Waals surface area contributed by atoms with Gasteiger partial charge in [-0.15, -0.1) is 0 Å². The Labute approximate surface area is 92.9 Å². The molecule has 2 N–H and O–H groups in total. The van der Waals surface area contributed by atoms with Gasteiger partial charge in [0.2, 0.25) is 0 Å². The number of H-pyrrole nitrogens is 1. The molecule has 1 unspecified atom stereocenters. The van der Waals surface area contributed by atoms with Gasteiger partial charge in [0.25, 0.3) is 0 Å². The van der Waals surface area contributed by atoms with Crippen LogP contribution in [0.1, 0.15) is 45.4 Å². The zero-order valence-corrected chi connectivity index (χ0v) is 10.2. The van der Waals surface area contributed by atoms with Gasteiger partial charge in [-0.05, 0) is 19.3 Å². The first-order chi connectivity index (χ1) is 7.24. The lowest BCUT2D eigenvalue weighted by Gasteiger charge is -2.08. The van der Waals surface area contributed by atoms with Gasteiger partial charge in [-0.3, -0.25) is 0 Å². The number of aliphatic hydroxyl groups excluding tert-OH is 1. The molecule has 1 rings (SSSR count). The van der Waals surface area contributed by atoms with Crippen LogP contribution in [0.2, 0.25) is 0 Å². The Kier molecular flexibility index (Phi) is 9.18. The number of aromatic nitrogens is 2. The standard InChI is InChI=1S/C8H18O.C4H6N2/c1-3-5-6-8(4-2)7-9;1-4-5-2-3-6-4/h8-9H,3-7H2,1-2H3;2-3H,1H3,(H,5,6). The lowest BCUT2D eigenvalue weighted by atomic mass is 10.0. The molecule has 0 aliphatic heterocycles. The number of aliphatic hydroxyl groups is 1. The van der Waals surface area contributed by atoms with Crippen molar-refractivity contribution >= 4 is 0 Å². The third-order valence-corrected chi connectivity index (χ3v) is 2.44. The molecule has 0 amide bonds. The quantitative estimate of drug-likeness (QED) is 0.788. The molecule has 0 fully saturated rings. The van der Waals surface area contributed by atoms with Crippen LogP contribution in [0.5, 0.6) is 0 Å². The number of unbranched alkanes of at least 4 members (excludes halogenated alkanes) is 1. The average molecular weight is 212 g/mol. The van der Waals surface area contributed by atoms with Crippen molar-refractivity contribution in [2.45, 2.75) is 46.5 Å². The molecule has 0 aliphatic carbocycles. The van der Waals surface area contributed by atoms with Gasteiger partial charge in [0.1, 0.15) is 5.82 Å². The minimum atomic E-state index is 0.372. The molecule has 0 saturated heterocycles. The summed E-state index contributed by atoms with van der Waals surface area (Å²) in [4.78, 5) is 6.75. The van der Waals surface area contributed by atoms with Crippen LogP contribution < -0.4 is 0 Å². The van der Waals surface area contributed by atoms with Gasteiger partial charge < -0.3 is 10.1 Å². The maximum Gasteiger partial charge on any atom is 0.102 e. The smallest absolute Gasteiger partial charge is 0.102 e. The van der Waals surface area contributed by atoms with Crippen LogP contribution in [-0.2, 0) is 0 Å². The lowest BCUT2D eigenvalue weighted by Crippen LogP contribution is -2.03. The topological polar surface area (TPSA) is 48.9 Å². The largest absolute Gasteiger partial charge is 0.396 e. The van der Waals surface area contributed by atoms with Crippen LogP contribution in [0, 0.1) is 12.8 Å². The van der Waals surface area contributed by atoms with E-state index in [1.54, 1.807) is 12.4 Å². The third-order valence-electron chi connectivity index (χ3n) is 2.44. The maximum atomic E-state index is 8.75. The van der Waals surface area contributed by atoms with Crippen molar-refractivity contribution in [3.8, 4) is 0 Å². The van der Waals surface area contributed by atoms with Crippen LogP contribution in [0.4, 0.5) is 0 Å². The Balaban J connectivity index is 0.000000280. The minimum Gasteiger partial charge on any atom is -0.396 e. The number of nitrogens with one attached hydrogen (secondary N) is 1. The fourth-order valence-corrected chi connectivity index (χ4v) is 1.26. The molecule has 1 heterocycles. The fourth-order valence-electron chi connectivity index (χ4n) is 1.26. The van der Waals surface area contributed by atoms with Crippen LogP contribution in [-0.4, -0.2) is 21.7 Å². The summed E-state index contributed by atoms with van der Waals surface area (Å²) in [5.74, 6) is 1.53. The van der Waals surface area contributed by atoms with E-state index >= 15 is 0 Å². The molecule has 0 aliphatic rings. The van der Waals surface area contributed by atoms with Crippen LogP contribution in [0.15, 0.2) is 12.4 Å². The number of rotatable bonds is 5. The molecule has 15 heavy (non-hydrogen) atoms. The number of aromatic amines is 1. The lowest BCUT2D eigenvalue weighted by molar-refractivity contribution is 0.212. The predicted molar refractivity (Wildman–Crippen MR) is 63.7 cm³/mol. The van der Waals surface area contributed by atoms with Gasteiger partial charge in [0.15, 0.2) is 0 Å². The van der Waals surface area contributed by atoms with Gasteiger partial charge in [0.05, 0.1) is 0 Å². The highest BCUT2D eigenvalue weighted by Crippen LogP contribution is 2.10. The molecule has 1 aromatic heterocycles. The molecule has 0 radical (unpaired) electrons. The highest BCUT2D eigenvalue weighted by atomic mass is 16.3.